The number of phenols is 1. The van der Waals surface area contributed by atoms with Gasteiger partial charge in [0.2, 0.25) is 5.91 Å². The Morgan fingerprint density at radius 1 is 1.50 bits per heavy atom. The molecule has 0 radical (unpaired) electrons. The van der Waals surface area contributed by atoms with Crippen LogP contribution in [0.15, 0.2) is 18.2 Å². The monoisotopic (exact) mass is 306 g/mol. The molecule has 0 unspecified atom stereocenters. The molecule has 1 heterocycles. The van der Waals surface area contributed by atoms with Crippen molar-refractivity contribution in [2.75, 3.05) is 13.7 Å². The molecule has 1 amide bonds. The van der Waals surface area contributed by atoms with Gasteiger partial charge in [-0.25, -0.2) is 0 Å². The molecule has 122 valence electrons. The first-order chi connectivity index (χ1) is 10.5. The average molecular weight is 306 g/mol. The number of likely N-dealkylation sites (tertiary alicyclic amines) is 1. The van der Waals surface area contributed by atoms with Gasteiger partial charge < -0.3 is 20.1 Å². The number of rotatable bonds is 5. The molecule has 22 heavy (non-hydrogen) atoms. The van der Waals surface area contributed by atoms with E-state index in [2.05, 4.69) is 12.2 Å². The summed E-state index contributed by atoms with van der Waals surface area (Å²) < 4.78 is 5.02. The molecule has 2 rings (SSSR count). The topological polar surface area (TPSA) is 61.8 Å². The lowest BCUT2D eigenvalue weighted by atomic mass is 10.0. The Hall–Kier alpha value is -1.75. The van der Waals surface area contributed by atoms with E-state index in [4.69, 9.17) is 4.74 Å². The van der Waals surface area contributed by atoms with Crippen molar-refractivity contribution in [3.8, 4) is 11.5 Å². The first-order valence-electron chi connectivity index (χ1n) is 7.92. The summed E-state index contributed by atoms with van der Waals surface area (Å²) in [6.45, 7) is 5.40. The third-order valence-electron chi connectivity index (χ3n) is 4.31. The van der Waals surface area contributed by atoms with Crippen molar-refractivity contribution in [3.05, 3.63) is 23.8 Å². The molecule has 5 heteroatoms. The van der Waals surface area contributed by atoms with Gasteiger partial charge in [-0.15, -0.1) is 0 Å². The molecule has 5 nitrogen and oxygen atoms in total. The summed E-state index contributed by atoms with van der Waals surface area (Å²) >= 11 is 0. The number of hydrogen-bond donors (Lipinski definition) is 2. The molecule has 1 saturated heterocycles. The fourth-order valence-electron chi connectivity index (χ4n) is 2.88. The van der Waals surface area contributed by atoms with Crippen LogP contribution in [-0.2, 0) is 11.3 Å². The number of amides is 1. The molecule has 2 N–H and O–H groups in total. The third-order valence-corrected chi connectivity index (χ3v) is 4.31. The van der Waals surface area contributed by atoms with E-state index in [0.29, 0.717) is 18.3 Å². The fourth-order valence-corrected chi connectivity index (χ4v) is 2.88. The molecule has 0 aliphatic carbocycles. The highest BCUT2D eigenvalue weighted by Gasteiger charge is 2.26. The Balaban J connectivity index is 1.90. The second kappa shape index (κ2) is 7.49. The summed E-state index contributed by atoms with van der Waals surface area (Å²) in [6.07, 6.45) is 3.39. The Kier molecular flexibility index (Phi) is 5.66. The second-order valence-corrected chi connectivity index (χ2v) is 5.99. The number of hydrogen-bond acceptors (Lipinski definition) is 4. The standard InChI is InChI=1S/C17H26N2O3/c1-12-6-4-5-9-19(12)17(21)13(2)18-11-14-7-8-16(22-3)15(20)10-14/h7-8,10,12-13,18,20H,4-6,9,11H2,1-3H3/t12-,13+/m1/s1. The lowest BCUT2D eigenvalue weighted by Gasteiger charge is -2.35. The van der Waals surface area contributed by atoms with Crippen LogP contribution in [0.1, 0.15) is 38.7 Å². The lowest BCUT2D eigenvalue weighted by Crippen LogP contribution is -2.50. The van der Waals surface area contributed by atoms with Gasteiger partial charge in [-0.2, -0.15) is 0 Å². The van der Waals surface area contributed by atoms with Crippen molar-refractivity contribution >= 4 is 5.91 Å². The first kappa shape index (κ1) is 16.6. The Morgan fingerprint density at radius 3 is 2.91 bits per heavy atom. The number of phenolic OH excluding ortho intramolecular Hbond substituents is 1. The van der Waals surface area contributed by atoms with E-state index in [9.17, 15) is 9.90 Å². The van der Waals surface area contributed by atoms with E-state index in [1.807, 2.05) is 17.9 Å². The largest absolute Gasteiger partial charge is 0.504 e. The van der Waals surface area contributed by atoms with Gasteiger partial charge in [-0.3, -0.25) is 4.79 Å². The van der Waals surface area contributed by atoms with Crippen LogP contribution in [0, 0.1) is 0 Å². The molecule has 0 spiro atoms. The van der Waals surface area contributed by atoms with Crippen molar-refractivity contribution < 1.29 is 14.6 Å². The summed E-state index contributed by atoms with van der Waals surface area (Å²) in [5, 5.41) is 13.0. The van der Waals surface area contributed by atoms with E-state index >= 15 is 0 Å². The Morgan fingerprint density at radius 2 is 2.27 bits per heavy atom. The maximum atomic E-state index is 12.5. The molecule has 0 bridgehead atoms. The predicted octanol–water partition coefficient (Wildman–Crippen LogP) is 2.28. The molecular weight excluding hydrogens is 280 g/mol. The predicted molar refractivity (Wildman–Crippen MR) is 86.0 cm³/mol. The lowest BCUT2D eigenvalue weighted by molar-refractivity contribution is -0.136. The minimum absolute atomic E-state index is 0.116. The van der Waals surface area contributed by atoms with E-state index in [1.54, 1.807) is 12.1 Å². The quantitative estimate of drug-likeness (QED) is 0.876. The first-order valence-corrected chi connectivity index (χ1v) is 7.92. The van der Waals surface area contributed by atoms with Gasteiger partial charge in [0.25, 0.3) is 0 Å². The van der Waals surface area contributed by atoms with E-state index in [-0.39, 0.29) is 17.7 Å². The minimum atomic E-state index is -0.232. The van der Waals surface area contributed by atoms with Crippen LogP contribution >= 0.6 is 0 Å². The Labute approximate surface area is 132 Å². The van der Waals surface area contributed by atoms with Crippen LogP contribution in [0.2, 0.25) is 0 Å². The van der Waals surface area contributed by atoms with Crippen LogP contribution in [0.5, 0.6) is 11.5 Å². The summed E-state index contributed by atoms with van der Waals surface area (Å²) in [5.74, 6) is 0.727. The van der Waals surface area contributed by atoms with Gasteiger partial charge >= 0.3 is 0 Å². The normalized spacial score (nSPS) is 19.8. The van der Waals surface area contributed by atoms with Crippen molar-refractivity contribution in [1.82, 2.24) is 10.2 Å². The summed E-state index contributed by atoms with van der Waals surface area (Å²) in [5.41, 5.74) is 0.921. The van der Waals surface area contributed by atoms with Gasteiger partial charge in [0, 0.05) is 19.1 Å². The number of carbonyl (C=O) groups is 1. The van der Waals surface area contributed by atoms with Crippen LogP contribution in [0.3, 0.4) is 0 Å². The zero-order valence-electron chi connectivity index (χ0n) is 13.6. The molecule has 1 aliphatic rings. The van der Waals surface area contributed by atoms with Crippen LogP contribution < -0.4 is 10.1 Å². The van der Waals surface area contributed by atoms with Crippen LogP contribution in [-0.4, -0.2) is 41.7 Å². The van der Waals surface area contributed by atoms with Crippen molar-refractivity contribution in [3.63, 3.8) is 0 Å². The number of aromatic hydroxyl groups is 1. The van der Waals surface area contributed by atoms with Gasteiger partial charge in [-0.1, -0.05) is 6.07 Å². The van der Waals surface area contributed by atoms with Crippen molar-refractivity contribution in [1.29, 1.82) is 0 Å². The summed E-state index contributed by atoms with van der Waals surface area (Å²) in [7, 11) is 1.52. The number of nitrogens with zero attached hydrogens (tertiary/aromatic N) is 1. The number of methoxy groups -OCH3 is 1. The van der Waals surface area contributed by atoms with Gasteiger partial charge in [0.15, 0.2) is 11.5 Å². The number of piperidine rings is 1. The molecule has 0 saturated carbocycles. The van der Waals surface area contributed by atoms with Gasteiger partial charge in [-0.05, 0) is 50.8 Å². The van der Waals surface area contributed by atoms with Crippen molar-refractivity contribution in [2.24, 2.45) is 0 Å². The zero-order valence-corrected chi connectivity index (χ0v) is 13.6. The maximum Gasteiger partial charge on any atom is 0.239 e. The molecule has 1 aliphatic heterocycles. The molecule has 1 aromatic rings. The van der Waals surface area contributed by atoms with E-state index in [0.717, 1.165) is 24.9 Å². The third kappa shape index (κ3) is 3.91. The zero-order chi connectivity index (χ0) is 16.1. The number of carbonyl (C=O) groups excluding carboxylic acids is 1. The highest BCUT2D eigenvalue weighted by atomic mass is 16.5. The molecule has 2 atom stereocenters. The van der Waals surface area contributed by atoms with Crippen LogP contribution in [0.25, 0.3) is 0 Å². The van der Waals surface area contributed by atoms with Crippen molar-refractivity contribution in [2.45, 2.75) is 51.7 Å². The highest BCUT2D eigenvalue weighted by molar-refractivity contribution is 5.81. The van der Waals surface area contributed by atoms with Gasteiger partial charge in [0.1, 0.15) is 0 Å². The SMILES string of the molecule is COc1ccc(CN[C@@H](C)C(=O)N2CCCC[C@H]2C)cc1O. The number of nitrogens with one attached hydrogen (secondary N) is 1. The number of ether oxygens (including phenoxy) is 1. The highest BCUT2D eigenvalue weighted by Crippen LogP contribution is 2.26. The van der Waals surface area contributed by atoms with E-state index in [1.165, 1.54) is 13.5 Å². The maximum absolute atomic E-state index is 12.5. The molecule has 0 aromatic heterocycles. The second-order valence-electron chi connectivity index (χ2n) is 5.99. The van der Waals surface area contributed by atoms with Crippen LogP contribution in [0.4, 0.5) is 0 Å². The summed E-state index contributed by atoms with van der Waals surface area (Å²) in [6, 6.07) is 5.37. The van der Waals surface area contributed by atoms with Gasteiger partial charge in [0.05, 0.1) is 13.2 Å². The summed E-state index contributed by atoms with van der Waals surface area (Å²) in [4.78, 5) is 14.5. The molecule has 1 aromatic carbocycles. The van der Waals surface area contributed by atoms with E-state index < -0.39 is 0 Å². The molecule has 1 fully saturated rings. The molecular formula is C17H26N2O3. The smallest absolute Gasteiger partial charge is 0.239 e. The Bertz CT molecular complexity index is 519. The average Bonchev–Trinajstić information content (AvgIpc) is 2.52. The number of benzene rings is 1. The minimum Gasteiger partial charge on any atom is -0.504 e. The fraction of sp³-hybridized carbons (Fsp3) is 0.588.